The van der Waals surface area contributed by atoms with Crippen molar-refractivity contribution in [3.8, 4) is 5.75 Å². The van der Waals surface area contributed by atoms with Crippen LogP contribution in [0.4, 0.5) is 0 Å². The van der Waals surface area contributed by atoms with Gasteiger partial charge >= 0.3 is 0 Å². The van der Waals surface area contributed by atoms with Crippen LogP contribution in [0.5, 0.6) is 5.75 Å². The number of benzene rings is 1. The largest absolute Gasteiger partial charge is 0.494 e. The van der Waals surface area contributed by atoms with Crippen molar-refractivity contribution in [3.05, 3.63) is 58.9 Å². The van der Waals surface area contributed by atoms with E-state index in [9.17, 15) is 4.79 Å². The van der Waals surface area contributed by atoms with E-state index in [1.807, 2.05) is 0 Å². The van der Waals surface area contributed by atoms with Crippen LogP contribution in [-0.2, 0) is 0 Å². The predicted molar refractivity (Wildman–Crippen MR) is 65.7 cm³/mol. The number of carbonyl (C=O) groups is 1. The van der Waals surface area contributed by atoms with E-state index in [0.717, 1.165) is 0 Å². The molecule has 2 rings (SSSR count). The average Bonchev–Trinajstić information content (AvgIpc) is 2.39. The van der Waals surface area contributed by atoms with Crippen LogP contribution in [0.3, 0.4) is 0 Å². The van der Waals surface area contributed by atoms with Crippen LogP contribution < -0.4 is 4.74 Å². The maximum absolute atomic E-state index is 12.2. The minimum absolute atomic E-state index is 0.110. The monoisotopic (exact) mass is 247 g/mol. The molecule has 0 bridgehead atoms. The van der Waals surface area contributed by atoms with Crippen molar-refractivity contribution in [1.29, 1.82) is 0 Å². The minimum atomic E-state index is -0.110. The lowest BCUT2D eigenvalue weighted by Gasteiger charge is -2.06. The summed E-state index contributed by atoms with van der Waals surface area (Å²) in [5, 5.41) is 0.600. The number of hydrogen-bond donors (Lipinski definition) is 0. The number of pyridine rings is 1. The second-order valence-electron chi connectivity index (χ2n) is 3.41. The van der Waals surface area contributed by atoms with Crippen molar-refractivity contribution in [2.24, 2.45) is 0 Å². The number of hydrogen-bond acceptors (Lipinski definition) is 3. The Kier molecular flexibility index (Phi) is 3.40. The summed E-state index contributed by atoms with van der Waals surface area (Å²) in [7, 11) is 1.51. The molecule has 0 aliphatic heterocycles. The van der Waals surface area contributed by atoms with Gasteiger partial charge in [0.15, 0.2) is 5.78 Å². The molecule has 86 valence electrons. The van der Waals surface area contributed by atoms with Gasteiger partial charge in [-0.2, -0.15) is 0 Å². The number of ether oxygens (including phenoxy) is 1. The Hall–Kier alpha value is -1.87. The molecule has 1 aromatic carbocycles. The normalized spacial score (nSPS) is 10.0. The van der Waals surface area contributed by atoms with Crippen LogP contribution >= 0.6 is 11.6 Å². The van der Waals surface area contributed by atoms with Crippen LogP contribution in [0.25, 0.3) is 0 Å². The fourth-order valence-corrected chi connectivity index (χ4v) is 1.61. The molecule has 0 spiro atoms. The van der Waals surface area contributed by atoms with Gasteiger partial charge in [0.1, 0.15) is 5.75 Å². The maximum Gasteiger partial charge on any atom is 0.196 e. The number of rotatable bonds is 3. The molecule has 0 saturated heterocycles. The quantitative estimate of drug-likeness (QED) is 0.783. The first-order valence-electron chi connectivity index (χ1n) is 5.00. The van der Waals surface area contributed by atoms with Crippen molar-refractivity contribution >= 4 is 17.4 Å². The van der Waals surface area contributed by atoms with E-state index in [0.29, 0.717) is 21.9 Å². The molecule has 17 heavy (non-hydrogen) atoms. The molecule has 0 radical (unpaired) electrons. The summed E-state index contributed by atoms with van der Waals surface area (Å²) in [6, 6.07) is 8.37. The van der Waals surface area contributed by atoms with Gasteiger partial charge in [0.25, 0.3) is 0 Å². The topological polar surface area (TPSA) is 39.2 Å². The predicted octanol–water partition coefficient (Wildman–Crippen LogP) is 2.97. The second kappa shape index (κ2) is 4.97. The number of nitrogens with zero attached hydrogens (tertiary/aromatic N) is 1. The highest BCUT2D eigenvalue weighted by atomic mass is 35.5. The Morgan fingerprint density at radius 2 is 1.94 bits per heavy atom. The summed E-state index contributed by atoms with van der Waals surface area (Å²) in [4.78, 5) is 16.1. The number of halogens is 1. The van der Waals surface area contributed by atoms with Crippen LogP contribution in [-0.4, -0.2) is 17.9 Å². The third kappa shape index (κ3) is 2.45. The number of methoxy groups -OCH3 is 1. The Morgan fingerprint density at radius 3 is 2.59 bits per heavy atom. The molecule has 0 N–H and O–H groups in total. The van der Waals surface area contributed by atoms with Crippen LogP contribution in [0.15, 0.2) is 42.7 Å². The van der Waals surface area contributed by atoms with E-state index in [2.05, 4.69) is 4.98 Å². The zero-order chi connectivity index (χ0) is 12.3. The molecule has 0 fully saturated rings. The van der Waals surface area contributed by atoms with Crippen LogP contribution in [0.1, 0.15) is 15.9 Å². The van der Waals surface area contributed by atoms with Crippen LogP contribution in [0.2, 0.25) is 5.02 Å². The van der Waals surface area contributed by atoms with E-state index in [1.165, 1.54) is 13.3 Å². The lowest BCUT2D eigenvalue weighted by Crippen LogP contribution is -2.04. The number of aromatic nitrogens is 1. The Balaban J connectivity index is 2.40. The number of carbonyl (C=O) groups excluding carboxylic acids is 1. The van der Waals surface area contributed by atoms with Gasteiger partial charge < -0.3 is 4.74 Å². The standard InChI is InChI=1S/C13H10ClNO2/c1-17-12-8-15-7-6-11(12)13(16)9-2-4-10(14)5-3-9/h2-8H,1H3. The molecule has 1 aromatic heterocycles. The maximum atomic E-state index is 12.2. The van der Waals surface area contributed by atoms with E-state index in [-0.39, 0.29) is 5.78 Å². The van der Waals surface area contributed by atoms with Crippen molar-refractivity contribution < 1.29 is 9.53 Å². The molecule has 4 heteroatoms. The smallest absolute Gasteiger partial charge is 0.196 e. The summed E-state index contributed by atoms with van der Waals surface area (Å²) < 4.78 is 5.10. The fourth-order valence-electron chi connectivity index (χ4n) is 1.49. The molecule has 0 atom stereocenters. The van der Waals surface area contributed by atoms with Gasteiger partial charge in [0.05, 0.1) is 18.9 Å². The first-order valence-corrected chi connectivity index (χ1v) is 5.38. The summed E-state index contributed by atoms with van der Waals surface area (Å²) in [5.41, 5.74) is 1.06. The zero-order valence-electron chi connectivity index (χ0n) is 9.18. The molecule has 1 heterocycles. The van der Waals surface area contributed by atoms with E-state index in [1.54, 1.807) is 36.5 Å². The highest BCUT2D eigenvalue weighted by Gasteiger charge is 2.13. The van der Waals surface area contributed by atoms with E-state index in [4.69, 9.17) is 16.3 Å². The van der Waals surface area contributed by atoms with Crippen molar-refractivity contribution in [2.75, 3.05) is 7.11 Å². The average molecular weight is 248 g/mol. The van der Waals surface area contributed by atoms with Crippen molar-refractivity contribution in [3.63, 3.8) is 0 Å². The molecule has 0 unspecified atom stereocenters. The lowest BCUT2D eigenvalue weighted by atomic mass is 10.0. The Morgan fingerprint density at radius 1 is 1.24 bits per heavy atom. The van der Waals surface area contributed by atoms with Gasteiger partial charge in [-0.05, 0) is 30.3 Å². The third-order valence-corrected chi connectivity index (χ3v) is 2.61. The Bertz CT molecular complexity index is 537. The summed E-state index contributed by atoms with van der Waals surface area (Å²) in [5.74, 6) is 0.355. The fraction of sp³-hybridized carbons (Fsp3) is 0.0769. The summed E-state index contributed by atoms with van der Waals surface area (Å²) in [6.45, 7) is 0. The van der Waals surface area contributed by atoms with E-state index < -0.39 is 0 Å². The molecule has 0 saturated carbocycles. The highest BCUT2D eigenvalue weighted by molar-refractivity contribution is 6.30. The minimum Gasteiger partial charge on any atom is -0.494 e. The first-order chi connectivity index (χ1) is 8.22. The molecular formula is C13H10ClNO2. The molecular weight excluding hydrogens is 238 g/mol. The molecule has 0 amide bonds. The molecule has 2 aromatic rings. The van der Waals surface area contributed by atoms with Gasteiger partial charge in [-0.3, -0.25) is 9.78 Å². The lowest BCUT2D eigenvalue weighted by molar-refractivity contribution is 0.103. The van der Waals surface area contributed by atoms with Gasteiger partial charge in [0, 0.05) is 16.8 Å². The van der Waals surface area contributed by atoms with Gasteiger partial charge in [0.2, 0.25) is 0 Å². The van der Waals surface area contributed by atoms with Crippen molar-refractivity contribution in [2.45, 2.75) is 0 Å². The van der Waals surface area contributed by atoms with Gasteiger partial charge in [-0.1, -0.05) is 11.6 Å². The third-order valence-electron chi connectivity index (χ3n) is 2.36. The SMILES string of the molecule is COc1cnccc1C(=O)c1ccc(Cl)cc1. The molecule has 0 aliphatic rings. The van der Waals surface area contributed by atoms with Gasteiger partial charge in [-0.25, -0.2) is 0 Å². The zero-order valence-corrected chi connectivity index (χ0v) is 9.94. The summed E-state index contributed by atoms with van der Waals surface area (Å²) in [6.07, 6.45) is 3.08. The van der Waals surface area contributed by atoms with Crippen LogP contribution in [0, 0.1) is 0 Å². The first kappa shape index (κ1) is 11.6. The summed E-state index contributed by atoms with van der Waals surface area (Å²) >= 11 is 5.77. The number of ketones is 1. The van der Waals surface area contributed by atoms with Gasteiger partial charge in [-0.15, -0.1) is 0 Å². The molecule has 3 nitrogen and oxygen atoms in total. The molecule has 0 aliphatic carbocycles. The highest BCUT2D eigenvalue weighted by Crippen LogP contribution is 2.20. The Labute approximate surface area is 104 Å². The van der Waals surface area contributed by atoms with Crippen molar-refractivity contribution in [1.82, 2.24) is 4.98 Å². The van der Waals surface area contributed by atoms with E-state index >= 15 is 0 Å². The second-order valence-corrected chi connectivity index (χ2v) is 3.85.